The highest BCUT2D eigenvalue weighted by Crippen LogP contribution is 2.29. The second-order valence-electron chi connectivity index (χ2n) is 6.68. The monoisotopic (exact) mass is 363 g/mol. The van der Waals surface area contributed by atoms with Crippen LogP contribution in [0.3, 0.4) is 0 Å². The number of hydrogen-bond donors (Lipinski definition) is 1. The maximum Gasteiger partial charge on any atom is 0.0499 e. The Labute approximate surface area is 159 Å². The number of aliphatic hydroxyl groups is 1. The van der Waals surface area contributed by atoms with E-state index in [9.17, 15) is 5.11 Å². The molecular weight excluding hydrogens is 330 g/mol. The molecule has 0 saturated heterocycles. The van der Waals surface area contributed by atoms with Crippen LogP contribution in [0.15, 0.2) is 42.5 Å². The van der Waals surface area contributed by atoms with Gasteiger partial charge in [-0.05, 0) is 48.8 Å². The maximum atomic E-state index is 9.87. The molecule has 0 aliphatic heterocycles. The molecule has 3 heteroatoms. The summed E-state index contributed by atoms with van der Waals surface area (Å²) in [5, 5.41) is 12.4. The zero-order valence-electron chi connectivity index (χ0n) is 15.8. The lowest BCUT2D eigenvalue weighted by atomic mass is 9.90. The van der Waals surface area contributed by atoms with Gasteiger partial charge in [-0.2, -0.15) is 0 Å². The SMILES string of the molecule is CCN(CC)CCCCCCC(CO)c1cccc2ccccc12.Cl. The molecule has 0 heterocycles. The van der Waals surface area contributed by atoms with Crippen molar-refractivity contribution in [3.8, 4) is 0 Å². The van der Waals surface area contributed by atoms with Gasteiger partial charge < -0.3 is 10.0 Å². The smallest absolute Gasteiger partial charge is 0.0499 e. The van der Waals surface area contributed by atoms with Gasteiger partial charge in [0, 0.05) is 12.5 Å². The van der Waals surface area contributed by atoms with Gasteiger partial charge in [0.05, 0.1) is 0 Å². The average Bonchev–Trinajstić information content (AvgIpc) is 2.64. The molecular formula is C22H34ClNO. The minimum absolute atomic E-state index is 0. The van der Waals surface area contributed by atoms with Crippen molar-refractivity contribution in [2.75, 3.05) is 26.2 Å². The van der Waals surface area contributed by atoms with E-state index in [0.29, 0.717) is 0 Å². The van der Waals surface area contributed by atoms with Gasteiger partial charge in [-0.3, -0.25) is 0 Å². The quantitative estimate of drug-likeness (QED) is 0.523. The van der Waals surface area contributed by atoms with Gasteiger partial charge in [-0.15, -0.1) is 12.4 Å². The number of fused-ring (bicyclic) bond motifs is 1. The second kappa shape index (κ2) is 12.3. The van der Waals surface area contributed by atoms with Crippen LogP contribution in [0.25, 0.3) is 10.8 Å². The van der Waals surface area contributed by atoms with Crippen molar-refractivity contribution in [3.05, 3.63) is 48.0 Å². The fourth-order valence-corrected chi connectivity index (χ4v) is 3.57. The zero-order valence-corrected chi connectivity index (χ0v) is 16.6. The van der Waals surface area contributed by atoms with Crippen molar-refractivity contribution in [2.45, 2.75) is 51.9 Å². The lowest BCUT2D eigenvalue weighted by molar-refractivity contribution is 0.256. The van der Waals surface area contributed by atoms with Gasteiger partial charge in [-0.1, -0.05) is 75.6 Å². The number of nitrogens with zero attached hydrogens (tertiary/aromatic N) is 1. The zero-order chi connectivity index (χ0) is 17.2. The Morgan fingerprint density at radius 1 is 0.880 bits per heavy atom. The van der Waals surface area contributed by atoms with Crippen LogP contribution in [0.5, 0.6) is 0 Å². The molecule has 2 aromatic carbocycles. The summed E-state index contributed by atoms with van der Waals surface area (Å²) in [6.45, 7) is 8.25. The Morgan fingerprint density at radius 2 is 1.56 bits per heavy atom. The first-order valence-corrected chi connectivity index (χ1v) is 9.61. The van der Waals surface area contributed by atoms with Crippen LogP contribution in [-0.4, -0.2) is 36.2 Å². The molecule has 0 aliphatic carbocycles. The first-order chi connectivity index (χ1) is 11.8. The predicted octanol–water partition coefficient (Wildman–Crippen LogP) is 5.63. The number of unbranched alkanes of at least 4 members (excludes halogenated alkanes) is 3. The Morgan fingerprint density at radius 3 is 2.28 bits per heavy atom. The van der Waals surface area contributed by atoms with E-state index in [-0.39, 0.29) is 24.9 Å². The second-order valence-corrected chi connectivity index (χ2v) is 6.68. The molecule has 1 unspecified atom stereocenters. The van der Waals surface area contributed by atoms with Gasteiger partial charge in [-0.25, -0.2) is 0 Å². The summed E-state index contributed by atoms with van der Waals surface area (Å²) in [4.78, 5) is 2.49. The Balaban J connectivity index is 0.00000312. The fraction of sp³-hybridized carbons (Fsp3) is 0.545. The molecule has 0 radical (unpaired) electrons. The summed E-state index contributed by atoms with van der Waals surface area (Å²) in [6.07, 6.45) is 6.13. The molecule has 0 saturated carbocycles. The maximum absolute atomic E-state index is 9.87. The number of rotatable bonds is 11. The third-order valence-electron chi connectivity index (χ3n) is 5.15. The van der Waals surface area contributed by atoms with Gasteiger partial charge >= 0.3 is 0 Å². The van der Waals surface area contributed by atoms with E-state index in [1.165, 1.54) is 48.6 Å². The molecule has 0 amide bonds. The van der Waals surface area contributed by atoms with Crippen molar-refractivity contribution >= 4 is 23.2 Å². The van der Waals surface area contributed by atoms with Crippen molar-refractivity contribution < 1.29 is 5.11 Å². The first kappa shape index (κ1) is 22.0. The van der Waals surface area contributed by atoms with Crippen molar-refractivity contribution in [1.82, 2.24) is 4.90 Å². The summed E-state index contributed by atoms with van der Waals surface area (Å²) in [5.41, 5.74) is 1.30. The summed E-state index contributed by atoms with van der Waals surface area (Å²) >= 11 is 0. The predicted molar refractivity (Wildman–Crippen MR) is 112 cm³/mol. The fourth-order valence-electron chi connectivity index (χ4n) is 3.57. The van der Waals surface area contributed by atoms with Crippen LogP contribution in [0, 0.1) is 0 Å². The lowest BCUT2D eigenvalue weighted by Gasteiger charge is -2.18. The van der Waals surface area contributed by atoms with Gasteiger partial charge in [0.2, 0.25) is 0 Å². The summed E-state index contributed by atoms with van der Waals surface area (Å²) in [7, 11) is 0. The van der Waals surface area contributed by atoms with E-state index in [1.54, 1.807) is 0 Å². The highest BCUT2D eigenvalue weighted by Gasteiger charge is 2.13. The Kier molecular flexibility index (Phi) is 10.8. The molecule has 2 rings (SSSR count). The number of halogens is 1. The number of benzene rings is 2. The first-order valence-electron chi connectivity index (χ1n) is 9.61. The Bertz CT molecular complexity index is 592. The molecule has 0 fully saturated rings. The highest BCUT2D eigenvalue weighted by molar-refractivity contribution is 5.86. The van der Waals surface area contributed by atoms with E-state index < -0.39 is 0 Å². The largest absolute Gasteiger partial charge is 0.396 e. The average molecular weight is 364 g/mol. The van der Waals surface area contributed by atoms with Crippen LogP contribution in [-0.2, 0) is 0 Å². The van der Waals surface area contributed by atoms with Crippen LogP contribution in [0.1, 0.15) is 57.4 Å². The van der Waals surface area contributed by atoms with E-state index in [1.807, 2.05) is 0 Å². The molecule has 1 N–H and O–H groups in total. The third-order valence-corrected chi connectivity index (χ3v) is 5.15. The van der Waals surface area contributed by atoms with Crippen LogP contribution < -0.4 is 0 Å². The summed E-state index contributed by atoms with van der Waals surface area (Å²) < 4.78 is 0. The lowest BCUT2D eigenvalue weighted by Crippen LogP contribution is -2.23. The molecule has 2 nitrogen and oxygen atoms in total. The van der Waals surface area contributed by atoms with Crippen LogP contribution in [0.4, 0.5) is 0 Å². The normalized spacial score (nSPS) is 12.3. The molecule has 0 aliphatic rings. The molecule has 140 valence electrons. The minimum atomic E-state index is 0. The molecule has 1 atom stereocenters. The minimum Gasteiger partial charge on any atom is -0.396 e. The molecule has 0 spiro atoms. The summed E-state index contributed by atoms with van der Waals surface area (Å²) in [5.74, 6) is 0.263. The van der Waals surface area contributed by atoms with E-state index in [0.717, 1.165) is 19.5 Å². The van der Waals surface area contributed by atoms with Crippen LogP contribution in [0.2, 0.25) is 0 Å². The van der Waals surface area contributed by atoms with Gasteiger partial charge in [0.1, 0.15) is 0 Å². The molecule has 0 aromatic heterocycles. The van der Waals surface area contributed by atoms with Gasteiger partial charge in [0.15, 0.2) is 0 Å². The van der Waals surface area contributed by atoms with E-state index in [2.05, 4.69) is 61.2 Å². The third kappa shape index (κ3) is 6.62. The van der Waals surface area contributed by atoms with E-state index in [4.69, 9.17) is 0 Å². The summed E-state index contributed by atoms with van der Waals surface area (Å²) in [6, 6.07) is 15.0. The number of hydrogen-bond acceptors (Lipinski definition) is 2. The number of aliphatic hydroxyl groups excluding tert-OH is 1. The van der Waals surface area contributed by atoms with Crippen molar-refractivity contribution in [3.63, 3.8) is 0 Å². The van der Waals surface area contributed by atoms with Crippen LogP contribution >= 0.6 is 12.4 Å². The topological polar surface area (TPSA) is 23.5 Å². The van der Waals surface area contributed by atoms with Crippen molar-refractivity contribution in [2.24, 2.45) is 0 Å². The van der Waals surface area contributed by atoms with E-state index >= 15 is 0 Å². The van der Waals surface area contributed by atoms with Crippen molar-refractivity contribution in [1.29, 1.82) is 0 Å². The Hall–Kier alpha value is -1.09. The molecule has 0 bridgehead atoms. The highest BCUT2D eigenvalue weighted by atomic mass is 35.5. The molecule has 25 heavy (non-hydrogen) atoms. The standard InChI is InChI=1S/C22H33NO.ClH/c1-3-23(4-2)17-10-6-5-7-13-20(18-24)22-16-11-14-19-12-8-9-15-21(19)22;/h8-9,11-12,14-16,20,24H,3-7,10,13,17-18H2,1-2H3;1H. The van der Waals surface area contributed by atoms with Gasteiger partial charge in [0.25, 0.3) is 0 Å². The molecule has 2 aromatic rings.